The summed E-state index contributed by atoms with van der Waals surface area (Å²) in [7, 11) is -1.18. The molecular weight excluding hydrogens is 277 g/mol. The van der Waals surface area contributed by atoms with Crippen molar-refractivity contribution < 1.29 is 4.52 Å². The minimum Gasteiger partial charge on any atom is -0.444 e. The second-order valence-corrected chi connectivity index (χ2v) is 6.83. The van der Waals surface area contributed by atoms with E-state index in [-0.39, 0.29) is 0 Å². The topological polar surface area (TPSA) is 21.3 Å². The fourth-order valence-electron chi connectivity index (χ4n) is 1.70. The molecule has 0 saturated carbocycles. The van der Waals surface area contributed by atoms with Gasteiger partial charge in [0.05, 0.1) is 0 Å². The molecule has 0 aliphatic carbocycles. The molecule has 2 atom stereocenters. The monoisotopic (exact) mass is 295 g/mol. The van der Waals surface area contributed by atoms with Crippen LogP contribution in [-0.2, 0) is 0 Å². The average Bonchev–Trinajstić information content (AvgIpc) is 2.39. The summed E-state index contributed by atoms with van der Waals surface area (Å²) in [5.74, 6) is 1.36. The van der Waals surface area contributed by atoms with Crippen molar-refractivity contribution in [3.8, 4) is 5.75 Å². The van der Waals surface area contributed by atoms with Crippen molar-refractivity contribution in [1.29, 1.82) is 0 Å². The number of hydrogen-bond donors (Lipinski definition) is 1. The summed E-state index contributed by atoms with van der Waals surface area (Å²) in [6.45, 7) is 6.44. The van der Waals surface area contributed by atoms with Crippen molar-refractivity contribution in [1.82, 2.24) is 5.09 Å². The SMILES string of the molecule is CC(C)C(C)NP(Cl)Oc1cccc2ccccc12. The van der Waals surface area contributed by atoms with Gasteiger partial charge in [-0.1, -0.05) is 50.2 Å². The Morgan fingerprint density at radius 2 is 1.74 bits per heavy atom. The molecular formula is C15H19ClNOP. The summed E-state index contributed by atoms with van der Waals surface area (Å²) in [6, 6.07) is 14.5. The molecule has 2 nitrogen and oxygen atoms in total. The van der Waals surface area contributed by atoms with Crippen LogP contribution in [0, 0.1) is 5.92 Å². The fourth-order valence-corrected chi connectivity index (χ4v) is 3.38. The van der Waals surface area contributed by atoms with Gasteiger partial charge >= 0.3 is 0 Å². The lowest BCUT2D eigenvalue weighted by atomic mass is 10.1. The summed E-state index contributed by atoms with van der Waals surface area (Å²) in [5.41, 5.74) is 0. The van der Waals surface area contributed by atoms with Crippen molar-refractivity contribution in [3.63, 3.8) is 0 Å². The second kappa shape index (κ2) is 6.56. The number of fused-ring (bicyclic) bond motifs is 1. The Morgan fingerprint density at radius 1 is 1.05 bits per heavy atom. The van der Waals surface area contributed by atoms with Crippen LogP contribution in [0.1, 0.15) is 20.8 Å². The Labute approximate surface area is 120 Å². The van der Waals surface area contributed by atoms with E-state index in [9.17, 15) is 0 Å². The molecule has 4 heteroatoms. The lowest BCUT2D eigenvalue weighted by Crippen LogP contribution is -2.26. The first-order chi connectivity index (χ1) is 9.08. The molecule has 0 bridgehead atoms. The highest BCUT2D eigenvalue weighted by Gasteiger charge is 2.15. The summed E-state index contributed by atoms with van der Waals surface area (Å²) in [5, 5.41) is 5.56. The summed E-state index contributed by atoms with van der Waals surface area (Å²) in [6.07, 6.45) is 0. The molecule has 0 fully saturated rings. The first-order valence-corrected chi connectivity index (χ1v) is 8.62. The highest BCUT2D eigenvalue weighted by Crippen LogP contribution is 2.42. The molecule has 0 aromatic heterocycles. The zero-order valence-corrected chi connectivity index (χ0v) is 13.1. The van der Waals surface area contributed by atoms with Gasteiger partial charge in [0.25, 0.3) is 7.65 Å². The van der Waals surface area contributed by atoms with Crippen LogP contribution >= 0.6 is 18.9 Å². The first kappa shape index (κ1) is 14.6. The van der Waals surface area contributed by atoms with Gasteiger partial charge in [0.1, 0.15) is 5.75 Å². The molecule has 0 amide bonds. The van der Waals surface area contributed by atoms with Gasteiger partial charge in [0.15, 0.2) is 0 Å². The predicted octanol–water partition coefficient (Wildman–Crippen LogP) is 5.32. The molecule has 102 valence electrons. The minimum atomic E-state index is -1.18. The van der Waals surface area contributed by atoms with E-state index in [1.54, 1.807) is 0 Å². The molecule has 19 heavy (non-hydrogen) atoms. The summed E-state index contributed by atoms with van der Waals surface area (Å²) < 4.78 is 5.87. The largest absolute Gasteiger partial charge is 0.444 e. The maximum atomic E-state index is 6.29. The quantitative estimate of drug-likeness (QED) is 0.754. The molecule has 0 aliphatic rings. The smallest absolute Gasteiger partial charge is 0.263 e. The summed E-state index contributed by atoms with van der Waals surface area (Å²) in [4.78, 5) is 0. The first-order valence-electron chi connectivity index (χ1n) is 6.45. The number of benzene rings is 2. The lowest BCUT2D eigenvalue weighted by Gasteiger charge is -2.21. The predicted molar refractivity (Wildman–Crippen MR) is 84.8 cm³/mol. The zero-order chi connectivity index (χ0) is 13.8. The molecule has 2 aromatic rings. The van der Waals surface area contributed by atoms with Crippen LogP contribution in [0.15, 0.2) is 42.5 Å². The van der Waals surface area contributed by atoms with Crippen LogP contribution in [0.25, 0.3) is 10.8 Å². The number of nitrogens with one attached hydrogen (secondary N) is 1. The molecule has 0 spiro atoms. The van der Waals surface area contributed by atoms with Gasteiger partial charge in [0, 0.05) is 11.4 Å². The fraction of sp³-hybridized carbons (Fsp3) is 0.333. The van der Waals surface area contributed by atoms with E-state index in [1.807, 2.05) is 24.3 Å². The van der Waals surface area contributed by atoms with Crippen LogP contribution in [0.5, 0.6) is 5.75 Å². The Bertz CT molecular complexity index is 541. The molecule has 2 unspecified atom stereocenters. The van der Waals surface area contributed by atoms with Crippen molar-refractivity contribution in [2.75, 3.05) is 0 Å². The third-order valence-corrected chi connectivity index (χ3v) is 4.70. The average molecular weight is 296 g/mol. The van der Waals surface area contributed by atoms with Crippen molar-refractivity contribution in [2.45, 2.75) is 26.8 Å². The Hall–Kier alpha value is -0.820. The van der Waals surface area contributed by atoms with E-state index in [2.05, 4.69) is 44.1 Å². The van der Waals surface area contributed by atoms with Gasteiger partial charge in [-0.05, 0) is 35.5 Å². The van der Waals surface area contributed by atoms with Gasteiger partial charge in [0.2, 0.25) is 0 Å². The van der Waals surface area contributed by atoms with E-state index >= 15 is 0 Å². The summed E-state index contributed by atoms with van der Waals surface area (Å²) >= 11 is 6.29. The van der Waals surface area contributed by atoms with Crippen LogP contribution in [0.3, 0.4) is 0 Å². The lowest BCUT2D eigenvalue weighted by molar-refractivity contribution is 0.483. The van der Waals surface area contributed by atoms with Crippen LogP contribution in [0.4, 0.5) is 0 Å². The third-order valence-electron chi connectivity index (χ3n) is 3.23. The van der Waals surface area contributed by atoms with E-state index in [0.717, 1.165) is 16.5 Å². The number of halogens is 1. The van der Waals surface area contributed by atoms with E-state index in [0.29, 0.717) is 12.0 Å². The number of rotatable bonds is 5. The van der Waals surface area contributed by atoms with Gasteiger partial charge < -0.3 is 4.52 Å². The van der Waals surface area contributed by atoms with Gasteiger partial charge in [-0.3, -0.25) is 0 Å². The van der Waals surface area contributed by atoms with E-state index < -0.39 is 7.65 Å². The van der Waals surface area contributed by atoms with Gasteiger partial charge in [-0.25, -0.2) is 5.09 Å². The second-order valence-electron chi connectivity index (χ2n) is 4.98. The maximum Gasteiger partial charge on any atom is 0.263 e. The van der Waals surface area contributed by atoms with Crippen molar-refractivity contribution in [3.05, 3.63) is 42.5 Å². The Balaban J connectivity index is 2.13. The Kier molecular flexibility index (Phi) is 5.04. The molecule has 2 aromatic carbocycles. The Morgan fingerprint density at radius 3 is 2.47 bits per heavy atom. The maximum absolute atomic E-state index is 6.29. The van der Waals surface area contributed by atoms with Crippen LogP contribution < -0.4 is 9.61 Å². The van der Waals surface area contributed by atoms with Gasteiger partial charge in [-0.2, -0.15) is 0 Å². The molecule has 1 N–H and O–H groups in total. The van der Waals surface area contributed by atoms with E-state index in [1.165, 1.54) is 0 Å². The highest BCUT2D eigenvalue weighted by atomic mass is 35.7. The van der Waals surface area contributed by atoms with Crippen molar-refractivity contribution in [2.24, 2.45) is 5.92 Å². The number of hydrogen-bond acceptors (Lipinski definition) is 2. The van der Waals surface area contributed by atoms with Crippen LogP contribution in [0.2, 0.25) is 0 Å². The van der Waals surface area contributed by atoms with Crippen molar-refractivity contribution >= 4 is 29.7 Å². The molecule has 0 heterocycles. The minimum absolute atomic E-state index is 0.332. The van der Waals surface area contributed by atoms with Gasteiger partial charge in [-0.15, -0.1) is 0 Å². The third kappa shape index (κ3) is 3.82. The van der Waals surface area contributed by atoms with Crippen LogP contribution in [-0.4, -0.2) is 6.04 Å². The standard InChI is InChI=1S/C15H19ClNOP/c1-11(2)12(3)17-19(16)18-15-10-6-8-13-7-4-5-9-14(13)15/h4-12,17H,1-3H3. The molecule has 0 saturated heterocycles. The highest BCUT2D eigenvalue weighted by molar-refractivity contribution is 7.78. The zero-order valence-electron chi connectivity index (χ0n) is 11.4. The molecule has 2 rings (SSSR count). The molecule has 0 radical (unpaired) electrons. The normalized spacial score (nSPS) is 14.6. The van der Waals surface area contributed by atoms with E-state index in [4.69, 9.17) is 15.8 Å². The molecule has 0 aliphatic heterocycles.